The predicted molar refractivity (Wildman–Crippen MR) is 87.7 cm³/mol. The van der Waals surface area contributed by atoms with E-state index in [0.29, 0.717) is 11.4 Å². The minimum atomic E-state index is -0.277. The van der Waals surface area contributed by atoms with Crippen LogP contribution in [-0.2, 0) is 0 Å². The Kier molecular flexibility index (Phi) is 3.76. The summed E-state index contributed by atoms with van der Waals surface area (Å²) in [6.45, 7) is 3.60. The Hall–Kier alpha value is -1.39. The maximum Gasteiger partial charge on any atom is 0.132 e. The highest BCUT2D eigenvalue weighted by atomic mass is 79.9. The van der Waals surface area contributed by atoms with Crippen molar-refractivity contribution in [3.8, 4) is 5.69 Å². The molecule has 2 aromatic carbocycles. The molecule has 0 N–H and O–H groups in total. The van der Waals surface area contributed by atoms with Gasteiger partial charge in [0.1, 0.15) is 11.6 Å². The van der Waals surface area contributed by atoms with Crippen molar-refractivity contribution >= 4 is 38.6 Å². The number of hydrogen-bond acceptors (Lipinski definition) is 1. The first-order valence-corrected chi connectivity index (χ1v) is 7.79. The number of hydrogen-bond donors (Lipinski definition) is 0. The first kappa shape index (κ1) is 14.5. The fourth-order valence-electron chi connectivity index (χ4n) is 2.33. The summed E-state index contributed by atoms with van der Waals surface area (Å²) in [6.07, 6.45) is 0. The molecule has 0 saturated carbocycles. The molecule has 3 aromatic rings. The Bertz CT molecular complexity index is 827. The molecule has 0 aliphatic carbocycles. The van der Waals surface area contributed by atoms with Gasteiger partial charge in [-0.3, -0.25) is 4.57 Å². The van der Waals surface area contributed by atoms with Crippen molar-refractivity contribution in [1.29, 1.82) is 0 Å². The number of halogens is 3. The number of nitrogens with zero attached hydrogens (tertiary/aromatic N) is 2. The van der Waals surface area contributed by atoms with Gasteiger partial charge in [-0.15, -0.1) is 11.6 Å². The summed E-state index contributed by atoms with van der Waals surface area (Å²) in [6, 6.07) is 11.0. The zero-order valence-electron chi connectivity index (χ0n) is 11.6. The molecule has 0 bridgehead atoms. The molecule has 0 fully saturated rings. The van der Waals surface area contributed by atoms with E-state index >= 15 is 0 Å². The highest BCUT2D eigenvalue weighted by molar-refractivity contribution is 9.10. The van der Waals surface area contributed by atoms with Gasteiger partial charge in [0.05, 0.1) is 22.1 Å². The van der Waals surface area contributed by atoms with Crippen LogP contribution < -0.4 is 0 Å². The zero-order valence-corrected chi connectivity index (χ0v) is 13.9. The number of imidazole rings is 1. The second kappa shape index (κ2) is 5.43. The first-order chi connectivity index (χ1) is 9.97. The van der Waals surface area contributed by atoms with Crippen LogP contribution in [0, 0.1) is 12.7 Å². The quantitative estimate of drug-likeness (QED) is 0.544. The Balaban J connectivity index is 2.35. The third-order valence-electron chi connectivity index (χ3n) is 3.41. The van der Waals surface area contributed by atoms with Gasteiger partial charge in [-0.2, -0.15) is 0 Å². The lowest BCUT2D eigenvalue weighted by atomic mass is 10.2. The van der Waals surface area contributed by atoms with Crippen molar-refractivity contribution in [2.24, 2.45) is 0 Å². The van der Waals surface area contributed by atoms with Crippen LogP contribution in [0.1, 0.15) is 23.7 Å². The summed E-state index contributed by atoms with van der Waals surface area (Å²) < 4.78 is 16.8. The van der Waals surface area contributed by atoms with Crippen molar-refractivity contribution in [2.45, 2.75) is 19.2 Å². The second-order valence-corrected chi connectivity index (χ2v) is 6.56. The maximum atomic E-state index is 13.9. The van der Waals surface area contributed by atoms with E-state index in [0.717, 1.165) is 21.2 Å². The Labute approximate surface area is 135 Å². The third kappa shape index (κ3) is 2.58. The second-order valence-electron chi connectivity index (χ2n) is 4.99. The molecule has 3 rings (SSSR count). The summed E-state index contributed by atoms with van der Waals surface area (Å²) in [5, 5.41) is -0.277. The first-order valence-electron chi connectivity index (χ1n) is 6.56. The van der Waals surface area contributed by atoms with E-state index in [2.05, 4.69) is 20.9 Å². The Morgan fingerprint density at radius 3 is 2.67 bits per heavy atom. The Morgan fingerprint density at radius 2 is 2.00 bits per heavy atom. The molecule has 108 valence electrons. The van der Waals surface area contributed by atoms with Crippen LogP contribution in [0.5, 0.6) is 0 Å². The molecular weight excluding hydrogens is 355 g/mol. The number of fused-ring (bicyclic) bond motifs is 1. The van der Waals surface area contributed by atoms with Gasteiger partial charge in [0.25, 0.3) is 0 Å². The largest absolute Gasteiger partial charge is 0.295 e. The van der Waals surface area contributed by atoms with Gasteiger partial charge < -0.3 is 0 Å². The highest BCUT2D eigenvalue weighted by Gasteiger charge is 2.17. The lowest BCUT2D eigenvalue weighted by Gasteiger charge is -2.11. The molecular formula is C16H13BrClFN2. The summed E-state index contributed by atoms with van der Waals surface area (Å²) >= 11 is 9.72. The molecule has 0 radical (unpaired) electrons. The van der Waals surface area contributed by atoms with Crippen LogP contribution in [0.2, 0.25) is 0 Å². The summed E-state index contributed by atoms with van der Waals surface area (Å²) in [7, 11) is 0. The number of alkyl halides is 1. The molecule has 1 atom stereocenters. The fourth-order valence-corrected chi connectivity index (χ4v) is 2.82. The molecule has 5 heteroatoms. The minimum Gasteiger partial charge on any atom is -0.295 e. The molecule has 1 aromatic heterocycles. The van der Waals surface area contributed by atoms with Gasteiger partial charge in [-0.05, 0) is 49.7 Å². The van der Waals surface area contributed by atoms with Crippen LogP contribution in [0.15, 0.2) is 40.9 Å². The maximum absolute atomic E-state index is 13.9. The number of rotatable bonds is 2. The standard InChI is InChI=1S/C16H13BrClFN2/c1-9-3-5-12(8-13(9)19)21-15-7-11(17)4-6-14(15)20-16(21)10(2)18/h3-8,10H,1-2H3. The van der Waals surface area contributed by atoms with Crippen molar-refractivity contribution in [3.05, 3.63) is 58.1 Å². The van der Waals surface area contributed by atoms with Crippen LogP contribution >= 0.6 is 27.5 Å². The normalized spacial score (nSPS) is 12.8. The molecule has 0 aliphatic rings. The van der Waals surface area contributed by atoms with Crippen molar-refractivity contribution in [3.63, 3.8) is 0 Å². The molecule has 21 heavy (non-hydrogen) atoms. The van der Waals surface area contributed by atoms with E-state index in [4.69, 9.17) is 11.6 Å². The summed E-state index contributed by atoms with van der Waals surface area (Å²) in [5.41, 5.74) is 3.07. The van der Waals surface area contributed by atoms with E-state index in [1.807, 2.05) is 35.8 Å². The van der Waals surface area contributed by atoms with E-state index in [9.17, 15) is 4.39 Å². The van der Waals surface area contributed by atoms with E-state index in [-0.39, 0.29) is 11.2 Å². The van der Waals surface area contributed by atoms with Crippen molar-refractivity contribution in [2.75, 3.05) is 0 Å². The molecule has 0 spiro atoms. The molecule has 1 heterocycles. The minimum absolute atomic E-state index is 0.238. The molecule has 0 aliphatic heterocycles. The van der Waals surface area contributed by atoms with Gasteiger partial charge >= 0.3 is 0 Å². The number of aromatic nitrogens is 2. The zero-order chi connectivity index (χ0) is 15.1. The van der Waals surface area contributed by atoms with Crippen LogP contribution in [0.3, 0.4) is 0 Å². The molecule has 0 saturated heterocycles. The van der Waals surface area contributed by atoms with Gasteiger partial charge in [-0.25, -0.2) is 9.37 Å². The van der Waals surface area contributed by atoms with Crippen LogP contribution in [0.4, 0.5) is 4.39 Å². The van der Waals surface area contributed by atoms with Gasteiger partial charge in [0, 0.05) is 4.47 Å². The Morgan fingerprint density at radius 1 is 1.24 bits per heavy atom. The lowest BCUT2D eigenvalue weighted by molar-refractivity contribution is 0.617. The van der Waals surface area contributed by atoms with Crippen molar-refractivity contribution < 1.29 is 4.39 Å². The predicted octanol–water partition coefficient (Wildman–Crippen LogP) is 5.54. The van der Waals surface area contributed by atoms with Gasteiger partial charge in [-0.1, -0.05) is 22.0 Å². The third-order valence-corrected chi connectivity index (χ3v) is 4.10. The van der Waals surface area contributed by atoms with Crippen LogP contribution in [-0.4, -0.2) is 9.55 Å². The lowest BCUT2D eigenvalue weighted by Crippen LogP contribution is -2.02. The number of aryl methyl sites for hydroxylation is 1. The van der Waals surface area contributed by atoms with Gasteiger partial charge in [0.15, 0.2) is 0 Å². The molecule has 0 amide bonds. The topological polar surface area (TPSA) is 17.8 Å². The molecule has 1 unspecified atom stereocenters. The fraction of sp³-hybridized carbons (Fsp3) is 0.188. The van der Waals surface area contributed by atoms with Gasteiger partial charge in [0.2, 0.25) is 0 Å². The summed E-state index contributed by atoms with van der Waals surface area (Å²) in [4.78, 5) is 4.57. The smallest absolute Gasteiger partial charge is 0.132 e. The molecule has 2 nitrogen and oxygen atoms in total. The monoisotopic (exact) mass is 366 g/mol. The van der Waals surface area contributed by atoms with Crippen molar-refractivity contribution in [1.82, 2.24) is 9.55 Å². The number of benzene rings is 2. The van der Waals surface area contributed by atoms with E-state index in [1.165, 1.54) is 6.07 Å². The SMILES string of the molecule is Cc1ccc(-n2c(C(C)Cl)nc3ccc(Br)cc32)cc1F. The van der Waals surface area contributed by atoms with E-state index < -0.39 is 0 Å². The average molecular weight is 368 g/mol. The van der Waals surface area contributed by atoms with Crippen LogP contribution in [0.25, 0.3) is 16.7 Å². The average Bonchev–Trinajstić information content (AvgIpc) is 2.80. The summed E-state index contributed by atoms with van der Waals surface area (Å²) in [5.74, 6) is 0.463. The highest BCUT2D eigenvalue weighted by Crippen LogP contribution is 2.30. The van der Waals surface area contributed by atoms with E-state index in [1.54, 1.807) is 13.0 Å².